The van der Waals surface area contributed by atoms with Crippen LogP contribution in [0.1, 0.15) is 25.0 Å². The molecule has 0 radical (unpaired) electrons. The molecule has 0 spiro atoms. The zero-order valence-electron chi connectivity index (χ0n) is 8.02. The van der Waals surface area contributed by atoms with Crippen molar-refractivity contribution in [1.82, 2.24) is 0 Å². The van der Waals surface area contributed by atoms with Gasteiger partial charge in [0.1, 0.15) is 0 Å². The molecule has 0 saturated heterocycles. The third-order valence-corrected chi connectivity index (χ3v) is 1.43. The smallest absolute Gasteiger partial charge is 0.0395 e. The van der Waals surface area contributed by atoms with Crippen molar-refractivity contribution in [2.45, 2.75) is 27.7 Å². The summed E-state index contributed by atoms with van der Waals surface area (Å²) in [5.74, 6) is 0. The summed E-state index contributed by atoms with van der Waals surface area (Å²) in [6.45, 7) is 8.24. The summed E-state index contributed by atoms with van der Waals surface area (Å²) in [6, 6.07) is 8.36. The first-order valence-electron chi connectivity index (χ1n) is 3.83. The molecule has 0 saturated carbocycles. The molecule has 1 rings (SSSR count). The molecule has 1 aromatic carbocycles. The Bertz CT molecular complexity index is 161. The summed E-state index contributed by atoms with van der Waals surface area (Å²) >= 11 is 0. The molecule has 0 aliphatic carbocycles. The minimum absolute atomic E-state index is 0. The molecule has 1 unspecified atom stereocenters. The topological polar surface area (TPSA) is 0 Å². The van der Waals surface area contributed by atoms with Gasteiger partial charge in [-0.05, 0) is 25.0 Å². The van der Waals surface area contributed by atoms with Crippen LogP contribution in [0, 0.1) is 13.8 Å². The van der Waals surface area contributed by atoms with Gasteiger partial charge in [-0.3, -0.25) is 0 Å². The minimum Gasteiger partial charge on any atom is -0.153 e. The fourth-order valence-corrected chi connectivity index (χ4v) is 0.663. The van der Waals surface area contributed by atoms with Gasteiger partial charge in [0.15, 0.2) is 0 Å². The highest BCUT2D eigenvalue weighted by atomic mass is 31.0. The largest absolute Gasteiger partial charge is 0.153 e. The van der Waals surface area contributed by atoms with Crippen LogP contribution in [0.3, 0.4) is 0 Å². The number of rotatable bonds is 0. The Morgan fingerprint density at radius 1 is 0.818 bits per heavy atom. The maximum atomic E-state index is 2.12. The number of aryl methyl sites for hydroxylation is 2. The van der Waals surface area contributed by atoms with Crippen molar-refractivity contribution < 1.29 is 0 Å². The average Bonchev–Trinajstić information content (AvgIpc) is 2.00. The highest BCUT2D eigenvalue weighted by molar-refractivity contribution is 6.92. The van der Waals surface area contributed by atoms with E-state index >= 15 is 0 Å². The predicted molar refractivity (Wildman–Crippen MR) is 58.4 cm³/mol. The van der Waals surface area contributed by atoms with Crippen LogP contribution in [0.4, 0.5) is 0 Å². The molecule has 64 valence electrons. The van der Waals surface area contributed by atoms with Gasteiger partial charge >= 0.3 is 0 Å². The fourth-order valence-electron chi connectivity index (χ4n) is 0.663. The Balaban J connectivity index is 0. The molecule has 0 N–H and O–H groups in total. The van der Waals surface area contributed by atoms with E-state index in [2.05, 4.69) is 38.1 Å². The van der Waals surface area contributed by atoms with Crippen molar-refractivity contribution in [1.29, 1.82) is 0 Å². The minimum atomic E-state index is 0. The predicted octanol–water partition coefficient (Wildman–Crippen LogP) is 3.39. The van der Waals surface area contributed by atoms with Gasteiger partial charge in [-0.15, -0.1) is 0 Å². The van der Waals surface area contributed by atoms with Crippen molar-refractivity contribution in [3.63, 3.8) is 0 Å². The molecule has 0 aliphatic heterocycles. The standard InChI is InChI=1S/C8H10.C2H6.H3P/c1-7-5-3-4-6-8(7)2;1-2;/h3-6H,1-2H3;1-2H3;1H3. The Kier molecular flexibility index (Phi) is 9.34. The zero-order valence-corrected chi connectivity index (χ0v) is 9.43. The Morgan fingerprint density at radius 2 is 1.09 bits per heavy atom. The van der Waals surface area contributed by atoms with E-state index in [0.717, 1.165) is 0 Å². The maximum absolute atomic E-state index is 2.12. The van der Waals surface area contributed by atoms with Crippen LogP contribution in [0.2, 0.25) is 0 Å². The van der Waals surface area contributed by atoms with Gasteiger partial charge in [-0.25, -0.2) is 0 Å². The molecule has 0 fully saturated rings. The van der Waals surface area contributed by atoms with E-state index in [-0.39, 0.29) is 9.90 Å². The monoisotopic (exact) mass is 170 g/mol. The highest BCUT2D eigenvalue weighted by Gasteiger charge is 1.83. The lowest BCUT2D eigenvalue weighted by molar-refractivity contribution is 1.34. The molecule has 1 aromatic rings. The zero-order chi connectivity index (χ0) is 7.98. The summed E-state index contributed by atoms with van der Waals surface area (Å²) in [6.07, 6.45) is 0. The van der Waals surface area contributed by atoms with Crippen LogP contribution in [-0.2, 0) is 0 Å². The first kappa shape index (κ1) is 13.3. The van der Waals surface area contributed by atoms with Crippen LogP contribution in [0.15, 0.2) is 24.3 Å². The van der Waals surface area contributed by atoms with Gasteiger partial charge in [-0.1, -0.05) is 38.1 Å². The third-order valence-electron chi connectivity index (χ3n) is 1.43. The summed E-state index contributed by atoms with van der Waals surface area (Å²) < 4.78 is 0. The molecule has 0 heterocycles. The van der Waals surface area contributed by atoms with Crippen LogP contribution >= 0.6 is 9.90 Å². The molecule has 0 aromatic heterocycles. The third kappa shape index (κ3) is 4.98. The molecule has 11 heavy (non-hydrogen) atoms. The lowest BCUT2D eigenvalue weighted by atomic mass is 10.1. The van der Waals surface area contributed by atoms with Crippen molar-refractivity contribution >= 4 is 9.90 Å². The van der Waals surface area contributed by atoms with E-state index in [1.54, 1.807) is 0 Å². The lowest BCUT2D eigenvalue weighted by Gasteiger charge is -1.93. The van der Waals surface area contributed by atoms with Crippen molar-refractivity contribution in [3.05, 3.63) is 35.4 Å². The molecule has 0 amide bonds. The van der Waals surface area contributed by atoms with Crippen LogP contribution in [0.5, 0.6) is 0 Å². The molecule has 1 heteroatoms. The highest BCUT2D eigenvalue weighted by Crippen LogP contribution is 2.02. The Morgan fingerprint density at radius 3 is 1.27 bits per heavy atom. The summed E-state index contributed by atoms with van der Waals surface area (Å²) in [7, 11) is 0. The number of hydrogen-bond acceptors (Lipinski definition) is 0. The molecule has 1 atom stereocenters. The van der Waals surface area contributed by atoms with E-state index in [9.17, 15) is 0 Å². The normalized spacial score (nSPS) is 7.27. The average molecular weight is 170 g/mol. The molecule has 0 aliphatic rings. The van der Waals surface area contributed by atoms with Crippen molar-refractivity contribution in [2.75, 3.05) is 0 Å². The number of benzene rings is 1. The first-order valence-corrected chi connectivity index (χ1v) is 3.83. The van der Waals surface area contributed by atoms with E-state index in [4.69, 9.17) is 0 Å². The molecule has 0 bridgehead atoms. The summed E-state index contributed by atoms with van der Waals surface area (Å²) in [5.41, 5.74) is 2.74. The Hall–Kier alpha value is -0.350. The number of hydrogen-bond donors (Lipinski definition) is 0. The fraction of sp³-hybridized carbons (Fsp3) is 0.400. The molecular weight excluding hydrogens is 151 g/mol. The first-order chi connectivity index (χ1) is 4.80. The van der Waals surface area contributed by atoms with E-state index in [1.165, 1.54) is 11.1 Å². The lowest BCUT2D eigenvalue weighted by Crippen LogP contribution is -1.74. The maximum Gasteiger partial charge on any atom is -0.0395 e. The van der Waals surface area contributed by atoms with E-state index < -0.39 is 0 Å². The van der Waals surface area contributed by atoms with Crippen LogP contribution in [-0.4, -0.2) is 0 Å². The molecular formula is C10H19P. The Labute approximate surface area is 73.6 Å². The van der Waals surface area contributed by atoms with Gasteiger partial charge < -0.3 is 0 Å². The van der Waals surface area contributed by atoms with Crippen molar-refractivity contribution in [3.8, 4) is 0 Å². The SMILES string of the molecule is CC.Cc1ccccc1C.P. The van der Waals surface area contributed by atoms with E-state index in [0.29, 0.717) is 0 Å². The van der Waals surface area contributed by atoms with Gasteiger partial charge in [-0.2, -0.15) is 9.90 Å². The van der Waals surface area contributed by atoms with E-state index in [1.807, 2.05) is 13.8 Å². The van der Waals surface area contributed by atoms with Gasteiger partial charge in [0.05, 0.1) is 0 Å². The summed E-state index contributed by atoms with van der Waals surface area (Å²) in [4.78, 5) is 0. The van der Waals surface area contributed by atoms with Crippen molar-refractivity contribution in [2.24, 2.45) is 0 Å². The van der Waals surface area contributed by atoms with Gasteiger partial charge in [0.2, 0.25) is 0 Å². The van der Waals surface area contributed by atoms with Crippen LogP contribution in [0.25, 0.3) is 0 Å². The van der Waals surface area contributed by atoms with Crippen LogP contribution < -0.4 is 0 Å². The summed E-state index contributed by atoms with van der Waals surface area (Å²) in [5, 5.41) is 0. The molecule has 0 nitrogen and oxygen atoms in total. The quantitative estimate of drug-likeness (QED) is 0.523. The second-order valence-corrected chi connectivity index (χ2v) is 2.08. The second kappa shape index (κ2) is 7.75. The van der Waals surface area contributed by atoms with Gasteiger partial charge in [0.25, 0.3) is 0 Å². The second-order valence-electron chi connectivity index (χ2n) is 2.08. The van der Waals surface area contributed by atoms with Gasteiger partial charge in [0, 0.05) is 0 Å².